The van der Waals surface area contributed by atoms with E-state index >= 15 is 0 Å². The number of aromatic nitrogens is 2. The highest BCUT2D eigenvalue weighted by Crippen LogP contribution is 2.38. The maximum Gasteiger partial charge on any atom is 0.319 e. The molecule has 0 aliphatic heterocycles. The predicted octanol–water partition coefficient (Wildman–Crippen LogP) is 3.69. The molecular weight excluding hydrogens is 320 g/mol. The molecule has 25 heavy (non-hydrogen) atoms. The zero-order valence-electron chi connectivity index (χ0n) is 14.8. The van der Waals surface area contributed by atoms with Crippen molar-refractivity contribution < 1.29 is 14.1 Å². The van der Waals surface area contributed by atoms with Gasteiger partial charge in [-0.1, -0.05) is 19.0 Å². The second kappa shape index (κ2) is 7.55. The highest BCUT2D eigenvalue weighted by atomic mass is 16.5. The molecule has 134 valence electrons. The van der Waals surface area contributed by atoms with Gasteiger partial charge in [0.1, 0.15) is 5.75 Å². The van der Waals surface area contributed by atoms with Crippen molar-refractivity contribution in [3.8, 4) is 5.75 Å². The summed E-state index contributed by atoms with van der Waals surface area (Å²) in [7, 11) is 0. The molecule has 0 radical (unpaired) electrons. The molecule has 2 amide bonds. The molecule has 1 heterocycles. The van der Waals surface area contributed by atoms with E-state index in [4.69, 9.17) is 9.26 Å². The molecule has 1 aromatic carbocycles. The third-order valence-electron chi connectivity index (χ3n) is 4.25. The minimum Gasteiger partial charge on any atom is -0.485 e. The van der Waals surface area contributed by atoms with Gasteiger partial charge in [-0.05, 0) is 49.9 Å². The third-order valence-corrected chi connectivity index (χ3v) is 4.25. The fourth-order valence-electron chi connectivity index (χ4n) is 2.15. The van der Waals surface area contributed by atoms with E-state index in [1.807, 2.05) is 6.92 Å². The van der Waals surface area contributed by atoms with Gasteiger partial charge in [0.05, 0.1) is 0 Å². The molecule has 3 rings (SSSR count). The van der Waals surface area contributed by atoms with Crippen molar-refractivity contribution in [3.63, 3.8) is 0 Å². The lowest BCUT2D eigenvalue weighted by atomic mass is 10.1. The second-order valence-corrected chi connectivity index (χ2v) is 6.77. The fourth-order valence-corrected chi connectivity index (χ4v) is 2.15. The van der Waals surface area contributed by atoms with Gasteiger partial charge in [-0.25, -0.2) is 4.79 Å². The number of anilines is 1. The largest absolute Gasteiger partial charge is 0.485 e. The molecular formula is C18H24N4O3. The molecule has 0 spiro atoms. The average molecular weight is 344 g/mol. The van der Waals surface area contributed by atoms with Crippen LogP contribution in [0.1, 0.15) is 51.2 Å². The summed E-state index contributed by atoms with van der Waals surface area (Å²) in [5.41, 5.74) is 0.705. The monoisotopic (exact) mass is 344 g/mol. The molecule has 7 nitrogen and oxygen atoms in total. The Hall–Kier alpha value is -2.57. The summed E-state index contributed by atoms with van der Waals surface area (Å²) in [6.07, 6.45) is 2.25. The van der Waals surface area contributed by atoms with Crippen LogP contribution in [0.2, 0.25) is 0 Å². The highest BCUT2D eigenvalue weighted by molar-refractivity contribution is 5.89. The highest BCUT2D eigenvalue weighted by Gasteiger charge is 2.29. The predicted molar refractivity (Wildman–Crippen MR) is 93.5 cm³/mol. The standard InChI is InChI=1S/C18H24N4O3/c1-11(2)12(3)19-18(23)20-14-6-8-15(9-7-14)24-10-16-21-17(25-22-16)13-4-5-13/h6-9,11-13H,4-5,10H2,1-3H3,(H2,19,20,23)/t12-/m1/s1. The van der Waals surface area contributed by atoms with Crippen molar-refractivity contribution in [3.05, 3.63) is 36.0 Å². The number of nitrogens with one attached hydrogen (secondary N) is 2. The maximum atomic E-state index is 11.9. The number of hydrogen-bond acceptors (Lipinski definition) is 5. The van der Waals surface area contributed by atoms with E-state index < -0.39 is 0 Å². The molecule has 1 aromatic heterocycles. The molecule has 0 unspecified atom stereocenters. The lowest BCUT2D eigenvalue weighted by Crippen LogP contribution is -2.38. The number of urea groups is 1. The number of carbonyl (C=O) groups is 1. The van der Waals surface area contributed by atoms with Gasteiger partial charge in [-0.2, -0.15) is 4.98 Å². The Morgan fingerprint density at radius 2 is 2.00 bits per heavy atom. The van der Waals surface area contributed by atoms with E-state index in [0.717, 1.165) is 12.8 Å². The van der Waals surface area contributed by atoms with Crippen LogP contribution in [0.3, 0.4) is 0 Å². The molecule has 1 fully saturated rings. The summed E-state index contributed by atoms with van der Waals surface area (Å²) >= 11 is 0. The molecule has 0 bridgehead atoms. The average Bonchev–Trinajstić information content (AvgIpc) is 3.32. The van der Waals surface area contributed by atoms with Crippen LogP contribution < -0.4 is 15.4 Å². The summed E-state index contributed by atoms with van der Waals surface area (Å²) in [6.45, 7) is 6.37. The maximum absolute atomic E-state index is 11.9. The minimum absolute atomic E-state index is 0.109. The van der Waals surface area contributed by atoms with E-state index in [0.29, 0.717) is 35.0 Å². The van der Waals surface area contributed by atoms with Crippen LogP contribution in [-0.4, -0.2) is 22.2 Å². The summed E-state index contributed by atoms with van der Waals surface area (Å²) < 4.78 is 10.8. The van der Waals surface area contributed by atoms with E-state index in [2.05, 4.69) is 34.6 Å². The number of nitrogens with zero attached hydrogens (tertiary/aromatic N) is 2. The zero-order chi connectivity index (χ0) is 17.8. The van der Waals surface area contributed by atoms with E-state index in [1.165, 1.54) is 0 Å². The first-order valence-electron chi connectivity index (χ1n) is 8.64. The van der Waals surface area contributed by atoms with Gasteiger partial charge in [0, 0.05) is 17.6 Å². The van der Waals surface area contributed by atoms with Crippen molar-refractivity contribution in [2.24, 2.45) is 5.92 Å². The van der Waals surface area contributed by atoms with Crippen molar-refractivity contribution in [1.82, 2.24) is 15.5 Å². The van der Waals surface area contributed by atoms with Crippen molar-refractivity contribution >= 4 is 11.7 Å². The first-order chi connectivity index (χ1) is 12.0. The van der Waals surface area contributed by atoms with E-state index in [9.17, 15) is 4.79 Å². The molecule has 2 N–H and O–H groups in total. The summed E-state index contributed by atoms with van der Waals surface area (Å²) in [5, 5.41) is 9.62. The van der Waals surface area contributed by atoms with Gasteiger partial charge in [-0.3, -0.25) is 0 Å². The van der Waals surface area contributed by atoms with Gasteiger partial charge >= 0.3 is 6.03 Å². The Morgan fingerprint density at radius 1 is 1.28 bits per heavy atom. The SMILES string of the molecule is CC(C)[C@@H](C)NC(=O)Nc1ccc(OCc2noc(C3CC3)n2)cc1. The lowest BCUT2D eigenvalue weighted by molar-refractivity contribution is 0.246. The van der Waals surface area contributed by atoms with Gasteiger partial charge < -0.3 is 19.9 Å². The molecule has 1 saturated carbocycles. The number of amides is 2. The summed E-state index contributed by atoms with van der Waals surface area (Å²) in [6, 6.07) is 7.07. The van der Waals surface area contributed by atoms with Crippen LogP contribution >= 0.6 is 0 Å². The Kier molecular flexibility index (Phi) is 5.21. The molecule has 1 aliphatic rings. The smallest absolute Gasteiger partial charge is 0.319 e. The van der Waals surface area contributed by atoms with Crippen molar-refractivity contribution in [2.75, 3.05) is 5.32 Å². The van der Waals surface area contributed by atoms with Crippen LogP contribution in [0, 0.1) is 5.92 Å². The minimum atomic E-state index is -0.214. The fraction of sp³-hybridized carbons (Fsp3) is 0.500. The van der Waals surface area contributed by atoms with Crippen LogP contribution in [0.15, 0.2) is 28.8 Å². The quantitative estimate of drug-likeness (QED) is 0.799. The number of benzene rings is 1. The molecule has 1 atom stereocenters. The van der Waals surface area contributed by atoms with Crippen molar-refractivity contribution in [1.29, 1.82) is 0 Å². The summed E-state index contributed by atoms with van der Waals surface area (Å²) in [4.78, 5) is 16.2. The van der Waals surface area contributed by atoms with E-state index in [-0.39, 0.29) is 18.7 Å². The first kappa shape index (κ1) is 17.3. The molecule has 1 aliphatic carbocycles. The normalized spacial score (nSPS) is 15.0. The van der Waals surface area contributed by atoms with Crippen LogP contribution in [0.25, 0.3) is 0 Å². The number of rotatable bonds is 7. The molecule has 0 saturated heterocycles. The van der Waals surface area contributed by atoms with Crippen LogP contribution in [-0.2, 0) is 6.61 Å². The molecule has 2 aromatic rings. The van der Waals surface area contributed by atoms with Gasteiger partial charge in [0.15, 0.2) is 6.61 Å². The Labute approximate surface area is 147 Å². The Bertz CT molecular complexity index is 707. The Morgan fingerprint density at radius 3 is 2.64 bits per heavy atom. The number of hydrogen-bond donors (Lipinski definition) is 2. The summed E-state index contributed by atoms with van der Waals surface area (Å²) in [5.74, 6) is 2.76. The number of carbonyl (C=O) groups excluding carboxylic acids is 1. The van der Waals surface area contributed by atoms with Crippen molar-refractivity contribution in [2.45, 2.75) is 52.2 Å². The van der Waals surface area contributed by atoms with E-state index in [1.54, 1.807) is 24.3 Å². The zero-order valence-corrected chi connectivity index (χ0v) is 14.8. The van der Waals surface area contributed by atoms with Gasteiger partial charge in [0.2, 0.25) is 11.7 Å². The van der Waals surface area contributed by atoms with Gasteiger partial charge in [-0.15, -0.1) is 0 Å². The first-order valence-corrected chi connectivity index (χ1v) is 8.64. The number of ether oxygens (including phenoxy) is 1. The molecule has 7 heteroatoms. The topological polar surface area (TPSA) is 89.3 Å². The van der Waals surface area contributed by atoms with Crippen LogP contribution in [0.4, 0.5) is 10.5 Å². The lowest BCUT2D eigenvalue weighted by Gasteiger charge is -2.17. The third kappa shape index (κ3) is 4.95. The van der Waals surface area contributed by atoms with Crippen LogP contribution in [0.5, 0.6) is 5.75 Å². The Balaban J connectivity index is 1.47. The van der Waals surface area contributed by atoms with Gasteiger partial charge in [0.25, 0.3) is 0 Å². The second-order valence-electron chi connectivity index (χ2n) is 6.77.